The normalized spacial score (nSPS) is 10.7. The van der Waals surface area contributed by atoms with Crippen LogP contribution in [0, 0.1) is 0 Å². The molecule has 1 N–H and O–H groups in total. The lowest BCUT2D eigenvalue weighted by Gasteiger charge is -2.12. The van der Waals surface area contributed by atoms with E-state index in [1.807, 2.05) is 41.1 Å². The molecule has 0 radical (unpaired) electrons. The van der Waals surface area contributed by atoms with Crippen LogP contribution in [0.2, 0.25) is 10.0 Å². The first kappa shape index (κ1) is 21.9. The Balaban J connectivity index is 1.63. The van der Waals surface area contributed by atoms with E-state index in [4.69, 9.17) is 27.9 Å². The number of imidazole rings is 1. The van der Waals surface area contributed by atoms with Crippen LogP contribution in [0.25, 0.3) is 11.1 Å². The van der Waals surface area contributed by atoms with Crippen molar-refractivity contribution in [3.05, 3.63) is 100 Å². The summed E-state index contributed by atoms with van der Waals surface area (Å²) in [5, 5.41) is 3.88. The van der Waals surface area contributed by atoms with Crippen molar-refractivity contribution < 1.29 is 9.53 Å². The first-order valence-corrected chi connectivity index (χ1v) is 10.6. The molecule has 0 fully saturated rings. The van der Waals surface area contributed by atoms with Crippen molar-refractivity contribution in [1.82, 2.24) is 19.9 Å². The second-order valence-electron chi connectivity index (χ2n) is 7.20. The summed E-state index contributed by atoms with van der Waals surface area (Å²) >= 11 is 12.1. The molecule has 32 heavy (non-hydrogen) atoms. The van der Waals surface area contributed by atoms with Crippen molar-refractivity contribution in [3.8, 4) is 16.9 Å². The Labute approximate surface area is 195 Å². The zero-order chi connectivity index (χ0) is 22.5. The smallest absolute Gasteiger partial charge is 0.251 e. The highest BCUT2D eigenvalue weighted by atomic mass is 35.5. The van der Waals surface area contributed by atoms with E-state index in [1.54, 1.807) is 44.2 Å². The third-order valence-corrected chi connectivity index (χ3v) is 5.64. The maximum absolute atomic E-state index is 13.0. The van der Waals surface area contributed by atoms with Gasteiger partial charge in [-0.1, -0.05) is 29.3 Å². The lowest BCUT2D eigenvalue weighted by atomic mass is 10.00. The van der Waals surface area contributed by atoms with Gasteiger partial charge >= 0.3 is 0 Å². The summed E-state index contributed by atoms with van der Waals surface area (Å²) in [5.41, 5.74) is 4.09. The fraction of sp³-hybridized carbons (Fsp3) is 0.125. The molecule has 1 amide bonds. The number of aromatic nitrogens is 3. The number of nitrogens with one attached hydrogen (secondary N) is 1. The zero-order valence-electron chi connectivity index (χ0n) is 17.3. The second kappa shape index (κ2) is 9.85. The molecule has 2 aromatic carbocycles. The number of methoxy groups -OCH3 is 1. The van der Waals surface area contributed by atoms with Gasteiger partial charge in [0.1, 0.15) is 5.75 Å². The second-order valence-corrected chi connectivity index (χ2v) is 8.01. The van der Waals surface area contributed by atoms with Crippen LogP contribution in [-0.4, -0.2) is 27.6 Å². The Bertz CT molecular complexity index is 1240. The summed E-state index contributed by atoms with van der Waals surface area (Å²) in [6.45, 7) is 0.913. The SMILES string of the molecule is COc1cncc(-c2cc(Cn3ccnc3)cc(C(=O)NCc3ccc(Cl)c(Cl)c3)c2)c1. The van der Waals surface area contributed by atoms with E-state index < -0.39 is 0 Å². The molecule has 4 rings (SSSR count). The predicted octanol–water partition coefficient (Wildman–Crippen LogP) is 5.24. The number of rotatable bonds is 7. The molecule has 0 saturated carbocycles. The van der Waals surface area contributed by atoms with Crippen LogP contribution in [0.15, 0.2) is 73.6 Å². The lowest BCUT2D eigenvalue weighted by Crippen LogP contribution is -2.23. The molecule has 8 heteroatoms. The fourth-order valence-electron chi connectivity index (χ4n) is 3.29. The third-order valence-electron chi connectivity index (χ3n) is 4.90. The van der Waals surface area contributed by atoms with Gasteiger partial charge in [-0.25, -0.2) is 4.98 Å². The topological polar surface area (TPSA) is 69.0 Å². The van der Waals surface area contributed by atoms with Crippen LogP contribution in [-0.2, 0) is 13.1 Å². The van der Waals surface area contributed by atoms with Crippen molar-refractivity contribution in [1.29, 1.82) is 0 Å². The summed E-state index contributed by atoms with van der Waals surface area (Å²) in [6.07, 6.45) is 8.73. The number of pyridine rings is 1. The average molecular weight is 467 g/mol. The number of halogens is 2. The van der Waals surface area contributed by atoms with Crippen LogP contribution in [0.4, 0.5) is 0 Å². The first-order chi connectivity index (χ1) is 15.5. The minimum absolute atomic E-state index is 0.194. The van der Waals surface area contributed by atoms with Crippen LogP contribution >= 0.6 is 23.2 Å². The number of benzene rings is 2. The molecule has 6 nitrogen and oxygen atoms in total. The van der Waals surface area contributed by atoms with Gasteiger partial charge in [0.25, 0.3) is 5.91 Å². The van der Waals surface area contributed by atoms with Gasteiger partial charge in [0.05, 0.1) is 29.7 Å². The minimum atomic E-state index is -0.194. The van der Waals surface area contributed by atoms with Crippen molar-refractivity contribution in [2.75, 3.05) is 7.11 Å². The highest BCUT2D eigenvalue weighted by Crippen LogP contribution is 2.26. The number of carbonyl (C=O) groups is 1. The highest BCUT2D eigenvalue weighted by Gasteiger charge is 2.12. The Morgan fingerprint density at radius 1 is 1.00 bits per heavy atom. The molecule has 4 aromatic rings. The summed E-state index contributed by atoms with van der Waals surface area (Å²) in [4.78, 5) is 21.3. The van der Waals surface area contributed by atoms with E-state index in [2.05, 4.69) is 15.3 Å². The zero-order valence-corrected chi connectivity index (χ0v) is 18.8. The Morgan fingerprint density at radius 3 is 2.62 bits per heavy atom. The summed E-state index contributed by atoms with van der Waals surface area (Å²) < 4.78 is 7.25. The molecule has 0 bridgehead atoms. The molecule has 162 valence electrons. The number of ether oxygens (including phenoxy) is 1. The van der Waals surface area contributed by atoms with Crippen LogP contribution in [0.3, 0.4) is 0 Å². The minimum Gasteiger partial charge on any atom is -0.495 e. The van der Waals surface area contributed by atoms with Crippen molar-refractivity contribution in [2.45, 2.75) is 13.1 Å². The fourth-order valence-corrected chi connectivity index (χ4v) is 3.62. The van der Waals surface area contributed by atoms with Crippen molar-refractivity contribution in [3.63, 3.8) is 0 Å². The van der Waals surface area contributed by atoms with Gasteiger partial charge in [0.15, 0.2) is 0 Å². The lowest BCUT2D eigenvalue weighted by molar-refractivity contribution is 0.0951. The molecule has 0 aliphatic heterocycles. The summed E-state index contributed by atoms with van der Waals surface area (Å²) in [6, 6.07) is 12.9. The Kier molecular flexibility index (Phi) is 6.73. The van der Waals surface area contributed by atoms with E-state index in [0.717, 1.165) is 22.3 Å². The van der Waals surface area contributed by atoms with Crippen molar-refractivity contribution in [2.24, 2.45) is 0 Å². The maximum Gasteiger partial charge on any atom is 0.251 e. The van der Waals surface area contributed by atoms with E-state index in [1.165, 1.54) is 0 Å². The van der Waals surface area contributed by atoms with Crippen molar-refractivity contribution >= 4 is 29.1 Å². The maximum atomic E-state index is 13.0. The van der Waals surface area contributed by atoms with E-state index >= 15 is 0 Å². The third kappa shape index (κ3) is 5.28. The summed E-state index contributed by atoms with van der Waals surface area (Å²) in [5.74, 6) is 0.453. The van der Waals surface area contributed by atoms with E-state index in [9.17, 15) is 4.79 Å². The van der Waals surface area contributed by atoms with Gasteiger partial charge in [0.2, 0.25) is 0 Å². The molecular formula is C24H20Cl2N4O2. The van der Waals surface area contributed by atoms with Crippen LogP contribution in [0.5, 0.6) is 5.75 Å². The van der Waals surface area contributed by atoms with Gasteiger partial charge in [-0.05, 0) is 53.1 Å². The number of nitrogens with zero attached hydrogens (tertiary/aromatic N) is 3. The van der Waals surface area contributed by atoms with Gasteiger partial charge < -0.3 is 14.6 Å². The molecule has 0 spiro atoms. The molecule has 0 aliphatic rings. The van der Waals surface area contributed by atoms with E-state index in [0.29, 0.717) is 34.4 Å². The van der Waals surface area contributed by atoms with Crippen LogP contribution in [0.1, 0.15) is 21.5 Å². The number of amides is 1. The molecule has 0 unspecified atom stereocenters. The van der Waals surface area contributed by atoms with Crippen LogP contribution < -0.4 is 10.1 Å². The molecular weight excluding hydrogens is 447 g/mol. The van der Waals surface area contributed by atoms with Gasteiger partial charge in [-0.15, -0.1) is 0 Å². The molecule has 0 aliphatic carbocycles. The number of carbonyl (C=O) groups excluding carboxylic acids is 1. The van der Waals surface area contributed by atoms with E-state index in [-0.39, 0.29) is 5.91 Å². The standard InChI is InChI=1S/C24H20Cl2N4O2/c1-32-21-10-20(12-28-13-21)18-6-17(14-30-5-4-27-15-30)7-19(9-18)24(31)29-11-16-2-3-22(25)23(26)8-16/h2-10,12-13,15H,11,14H2,1H3,(H,29,31). The quantitative estimate of drug-likeness (QED) is 0.404. The number of hydrogen-bond donors (Lipinski definition) is 1. The average Bonchev–Trinajstić information content (AvgIpc) is 3.32. The van der Waals surface area contributed by atoms with Gasteiger partial charge in [0, 0.05) is 42.8 Å². The molecule has 0 atom stereocenters. The molecule has 2 aromatic heterocycles. The summed E-state index contributed by atoms with van der Waals surface area (Å²) in [7, 11) is 1.60. The molecule has 0 saturated heterocycles. The molecule has 2 heterocycles. The Morgan fingerprint density at radius 2 is 1.88 bits per heavy atom. The number of hydrogen-bond acceptors (Lipinski definition) is 4. The first-order valence-electron chi connectivity index (χ1n) is 9.83. The largest absolute Gasteiger partial charge is 0.495 e. The van der Waals surface area contributed by atoms with Gasteiger partial charge in [-0.2, -0.15) is 0 Å². The Hall–Kier alpha value is -3.35. The highest BCUT2D eigenvalue weighted by molar-refractivity contribution is 6.42. The monoisotopic (exact) mass is 466 g/mol. The van der Waals surface area contributed by atoms with Gasteiger partial charge in [-0.3, -0.25) is 9.78 Å². The predicted molar refractivity (Wildman–Crippen MR) is 125 cm³/mol.